The molecule has 2 N–H and O–H groups in total. The number of hydrogen-bond donors (Lipinski definition) is 2. The first-order valence-corrected chi connectivity index (χ1v) is 7.00. The Balaban J connectivity index is 0.00000200. The van der Waals surface area contributed by atoms with Gasteiger partial charge >= 0.3 is 0 Å². The standard InChI is InChI=1S/C13H21N3O3.ClH/c17-11(9-10-3-1-6-14-10)15-7-2-8-16-12(18)4-5-13(16)19;/h10,14H,1-9H2,(H,15,17);1H. The third-order valence-electron chi connectivity index (χ3n) is 3.63. The van der Waals surface area contributed by atoms with Gasteiger partial charge in [-0.1, -0.05) is 0 Å². The van der Waals surface area contributed by atoms with Crippen molar-refractivity contribution < 1.29 is 14.4 Å². The second-order valence-corrected chi connectivity index (χ2v) is 5.14. The Hall–Kier alpha value is -1.14. The predicted molar refractivity (Wildman–Crippen MR) is 76.5 cm³/mol. The number of carbonyl (C=O) groups is 3. The molecule has 3 amide bonds. The smallest absolute Gasteiger partial charge is 0.229 e. The molecule has 0 aliphatic carbocycles. The number of halogens is 1. The number of likely N-dealkylation sites (tertiary alicyclic amines) is 1. The molecule has 0 aromatic heterocycles. The van der Waals surface area contributed by atoms with Gasteiger partial charge in [0.05, 0.1) is 0 Å². The molecule has 114 valence electrons. The minimum absolute atomic E-state index is 0. The van der Waals surface area contributed by atoms with Crippen molar-refractivity contribution in [2.45, 2.75) is 44.6 Å². The van der Waals surface area contributed by atoms with Crippen LogP contribution in [0.4, 0.5) is 0 Å². The molecule has 2 rings (SSSR count). The average molecular weight is 304 g/mol. The monoisotopic (exact) mass is 303 g/mol. The van der Waals surface area contributed by atoms with Crippen LogP contribution in [-0.2, 0) is 14.4 Å². The van der Waals surface area contributed by atoms with Crippen molar-refractivity contribution in [1.82, 2.24) is 15.5 Å². The van der Waals surface area contributed by atoms with Gasteiger partial charge in [-0.3, -0.25) is 19.3 Å². The SMILES string of the molecule is Cl.O=C(CC1CCCN1)NCCCN1C(=O)CCC1=O. The molecule has 0 aromatic rings. The molecule has 2 saturated heterocycles. The number of nitrogens with zero attached hydrogens (tertiary/aromatic N) is 1. The Bertz CT molecular complexity index is 354. The lowest BCUT2D eigenvalue weighted by molar-refractivity contribution is -0.138. The van der Waals surface area contributed by atoms with E-state index in [1.165, 1.54) is 4.90 Å². The number of amides is 3. The van der Waals surface area contributed by atoms with E-state index in [0.717, 1.165) is 19.4 Å². The van der Waals surface area contributed by atoms with Gasteiger partial charge in [-0.05, 0) is 25.8 Å². The molecule has 20 heavy (non-hydrogen) atoms. The van der Waals surface area contributed by atoms with Gasteiger partial charge in [0, 0.05) is 38.4 Å². The van der Waals surface area contributed by atoms with E-state index in [2.05, 4.69) is 10.6 Å². The molecule has 0 radical (unpaired) electrons. The molecular weight excluding hydrogens is 282 g/mol. The van der Waals surface area contributed by atoms with E-state index in [1.807, 2.05) is 0 Å². The summed E-state index contributed by atoms with van der Waals surface area (Å²) in [6.45, 7) is 1.93. The van der Waals surface area contributed by atoms with Crippen LogP contribution in [0.3, 0.4) is 0 Å². The molecule has 1 atom stereocenters. The molecule has 0 aromatic carbocycles. The Labute approximate surface area is 125 Å². The molecule has 0 bridgehead atoms. The number of carbonyl (C=O) groups excluding carboxylic acids is 3. The van der Waals surface area contributed by atoms with Crippen molar-refractivity contribution in [3.63, 3.8) is 0 Å². The van der Waals surface area contributed by atoms with Crippen molar-refractivity contribution in [3.05, 3.63) is 0 Å². The van der Waals surface area contributed by atoms with E-state index in [1.54, 1.807) is 0 Å². The van der Waals surface area contributed by atoms with Crippen LogP contribution >= 0.6 is 12.4 Å². The van der Waals surface area contributed by atoms with E-state index in [9.17, 15) is 14.4 Å². The molecule has 7 heteroatoms. The van der Waals surface area contributed by atoms with Crippen molar-refractivity contribution in [1.29, 1.82) is 0 Å². The summed E-state index contributed by atoms with van der Waals surface area (Å²) in [5, 5.41) is 6.11. The van der Waals surface area contributed by atoms with Crippen molar-refractivity contribution >= 4 is 30.1 Å². The lowest BCUT2D eigenvalue weighted by atomic mass is 10.1. The summed E-state index contributed by atoms with van der Waals surface area (Å²) in [5.41, 5.74) is 0. The summed E-state index contributed by atoms with van der Waals surface area (Å²) >= 11 is 0. The van der Waals surface area contributed by atoms with Crippen LogP contribution in [0, 0.1) is 0 Å². The summed E-state index contributed by atoms with van der Waals surface area (Å²) in [4.78, 5) is 35.6. The summed E-state index contributed by atoms with van der Waals surface area (Å²) in [6, 6.07) is 0.307. The lowest BCUT2D eigenvalue weighted by Crippen LogP contribution is -2.35. The molecule has 0 spiro atoms. The minimum Gasteiger partial charge on any atom is -0.356 e. The van der Waals surface area contributed by atoms with Crippen LogP contribution in [0.15, 0.2) is 0 Å². The highest BCUT2D eigenvalue weighted by molar-refractivity contribution is 6.01. The Kier molecular flexibility index (Phi) is 6.95. The van der Waals surface area contributed by atoms with Crippen molar-refractivity contribution in [2.75, 3.05) is 19.6 Å². The van der Waals surface area contributed by atoms with Gasteiger partial charge in [0.1, 0.15) is 0 Å². The van der Waals surface area contributed by atoms with E-state index < -0.39 is 0 Å². The van der Waals surface area contributed by atoms with E-state index in [0.29, 0.717) is 44.8 Å². The average Bonchev–Trinajstić information content (AvgIpc) is 2.98. The van der Waals surface area contributed by atoms with Crippen LogP contribution in [0.2, 0.25) is 0 Å². The van der Waals surface area contributed by atoms with Gasteiger partial charge < -0.3 is 10.6 Å². The molecule has 1 unspecified atom stereocenters. The number of imide groups is 1. The quantitative estimate of drug-likeness (QED) is 0.543. The van der Waals surface area contributed by atoms with Gasteiger partial charge in [0.25, 0.3) is 0 Å². The Morgan fingerprint density at radius 1 is 1.30 bits per heavy atom. The first-order chi connectivity index (χ1) is 9.16. The van der Waals surface area contributed by atoms with Gasteiger partial charge in [-0.25, -0.2) is 0 Å². The topological polar surface area (TPSA) is 78.5 Å². The third kappa shape index (κ3) is 4.76. The van der Waals surface area contributed by atoms with Crippen LogP contribution in [0.5, 0.6) is 0 Å². The molecule has 6 nitrogen and oxygen atoms in total. The highest BCUT2D eigenvalue weighted by Gasteiger charge is 2.27. The fourth-order valence-corrected chi connectivity index (χ4v) is 2.56. The molecule has 0 saturated carbocycles. The largest absolute Gasteiger partial charge is 0.356 e. The molecule has 2 aliphatic heterocycles. The van der Waals surface area contributed by atoms with Gasteiger partial charge in [0.15, 0.2) is 0 Å². The van der Waals surface area contributed by atoms with Crippen LogP contribution in [-0.4, -0.2) is 48.3 Å². The fourth-order valence-electron chi connectivity index (χ4n) is 2.56. The van der Waals surface area contributed by atoms with Crippen molar-refractivity contribution in [2.24, 2.45) is 0 Å². The zero-order valence-electron chi connectivity index (χ0n) is 11.5. The van der Waals surface area contributed by atoms with E-state index in [-0.39, 0.29) is 30.1 Å². The summed E-state index contributed by atoms with van der Waals surface area (Å²) < 4.78 is 0. The van der Waals surface area contributed by atoms with Crippen LogP contribution in [0.1, 0.15) is 38.5 Å². The predicted octanol–water partition coefficient (Wildman–Crippen LogP) is 0.206. The van der Waals surface area contributed by atoms with Gasteiger partial charge in [0.2, 0.25) is 17.7 Å². The molecule has 2 aliphatic rings. The number of nitrogens with one attached hydrogen (secondary N) is 2. The third-order valence-corrected chi connectivity index (χ3v) is 3.63. The summed E-state index contributed by atoms with van der Waals surface area (Å²) in [6.07, 6.45) is 4.00. The maximum absolute atomic E-state index is 11.6. The van der Waals surface area contributed by atoms with Crippen LogP contribution in [0.25, 0.3) is 0 Å². The lowest BCUT2D eigenvalue weighted by Gasteiger charge is -2.14. The van der Waals surface area contributed by atoms with Gasteiger partial charge in [-0.15, -0.1) is 12.4 Å². The second-order valence-electron chi connectivity index (χ2n) is 5.14. The Morgan fingerprint density at radius 3 is 2.60 bits per heavy atom. The zero-order valence-corrected chi connectivity index (χ0v) is 12.3. The second kappa shape index (κ2) is 8.21. The summed E-state index contributed by atoms with van der Waals surface area (Å²) in [7, 11) is 0. The van der Waals surface area contributed by atoms with Crippen molar-refractivity contribution in [3.8, 4) is 0 Å². The maximum Gasteiger partial charge on any atom is 0.229 e. The van der Waals surface area contributed by atoms with Gasteiger partial charge in [-0.2, -0.15) is 0 Å². The Morgan fingerprint density at radius 2 is 2.00 bits per heavy atom. The molecular formula is C13H22ClN3O3. The zero-order chi connectivity index (χ0) is 13.7. The van der Waals surface area contributed by atoms with Crippen LogP contribution < -0.4 is 10.6 Å². The maximum atomic E-state index is 11.6. The normalized spacial score (nSPS) is 22.0. The first-order valence-electron chi connectivity index (χ1n) is 7.00. The fraction of sp³-hybridized carbons (Fsp3) is 0.769. The molecule has 2 fully saturated rings. The summed E-state index contributed by atoms with van der Waals surface area (Å²) in [5.74, 6) is -0.142. The number of rotatable bonds is 6. The first kappa shape index (κ1) is 16.9. The molecule has 2 heterocycles. The highest BCUT2D eigenvalue weighted by Crippen LogP contribution is 2.11. The van der Waals surface area contributed by atoms with E-state index in [4.69, 9.17) is 0 Å². The minimum atomic E-state index is -0.0912. The highest BCUT2D eigenvalue weighted by atomic mass is 35.5. The van der Waals surface area contributed by atoms with E-state index >= 15 is 0 Å². The number of hydrogen-bond acceptors (Lipinski definition) is 4.